The molecule has 1 fully saturated rings. The van der Waals surface area contributed by atoms with Crippen LogP contribution in [0.15, 0.2) is 24.3 Å². The van der Waals surface area contributed by atoms with Crippen LogP contribution in [0.5, 0.6) is 0 Å². The predicted molar refractivity (Wildman–Crippen MR) is 78.9 cm³/mol. The summed E-state index contributed by atoms with van der Waals surface area (Å²) in [5, 5.41) is 2.58. The van der Waals surface area contributed by atoms with E-state index in [9.17, 15) is 19.2 Å². The van der Waals surface area contributed by atoms with Crippen molar-refractivity contribution in [2.24, 2.45) is 0 Å². The zero-order valence-electron chi connectivity index (χ0n) is 12.5. The van der Waals surface area contributed by atoms with E-state index in [1.165, 1.54) is 0 Å². The third kappa shape index (κ3) is 3.13. The van der Waals surface area contributed by atoms with E-state index in [4.69, 9.17) is 0 Å². The third-order valence-corrected chi connectivity index (χ3v) is 3.22. The monoisotopic (exact) mass is 303 g/mol. The van der Waals surface area contributed by atoms with Crippen LogP contribution in [-0.4, -0.2) is 46.6 Å². The van der Waals surface area contributed by atoms with Crippen molar-refractivity contribution in [3.05, 3.63) is 29.8 Å². The van der Waals surface area contributed by atoms with E-state index in [-0.39, 0.29) is 6.54 Å². The number of hydrogen-bond donors (Lipinski definition) is 1. The minimum atomic E-state index is -0.961. The Morgan fingerprint density at radius 3 is 2.23 bits per heavy atom. The van der Waals surface area contributed by atoms with Gasteiger partial charge in [-0.3, -0.25) is 19.3 Å². The minimum absolute atomic E-state index is 0.166. The number of anilines is 1. The molecular formula is C15H17N3O4. The molecule has 0 radical (unpaired) electrons. The molecule has 0 saturated carbocycles. The highest BCUT2D eigenvalue weighted by Crippen LogP contribution is 2.13. The second-order valence-corrected chi connectivity index (χ2v) is 5.04. The van der Waals surface area contributed by atoms with Gasteiger partial charge in [-0.1, -0.05) is 24.6 Å². The smallest absolute Gasteiger partial charge is 0.325 e. The largest absolute Gasteiger partial charge is 0.334 e. The molecule has 0 aromatic heterocycles. The van der Waals surface area contributed by atoms with Gasteiger partial charge in [0.15, 0.2) is 0 Å². The highest BCUT2D eigenvalue weighted by Gasteiger charge is 2.44. The molecule has 7 heteroatoms. The predicted octanol–water partition coefficient (Wildman–Crippen LogP) is 1.13. The average Bonchev–Trinajstić information content (AvgIpc) is 2.68. The molecule has 1 aromatic carbocycles. The highest BCUT2D eigenvalue weighted by molar-refractivity contribution is 6.45. The molecule has 2 rings (SSSR count). The van der Waals surface area contributed by atoms with Crippen molar-refractivity contribution in [2.75, 3.05) is 18.4 Å². The lowest BCUT2D eigenvalue weighted by molar-refractivity contribution is -0.143. The van der Waals surface area contributed by atoms with E-state index < -0.39 is 30.3 Å². The molecule has 116 valence electrons. The Hall–Kier alpha value is -2.70. The highest BCUT2D eigenvalue weighted by atomic mass is 16.2. The number of nitrogens with zero attached hydrogens (tertiary/aromatic N) is 2. The van der Waals surface area contributed by atoms with Crippen molar-refractivity contribution in [3.8, 4) is 0 Å². The third-order valence-electron chi connectivity index (χ3n) is 3.22. The molecule has 1 heterocycles. The molecule has 1 aliphatic heterocycles. The van der Waals surface area contributed by atoms with Gasteiger partial charge in [0, 0.05) is 12.2 Å². The first-order valence-corrected chi connectivity index (χ1v) is 6.98. The Balaban J connectivity index is 2.02. The van der Waals surface area contributed by atoms with E-state index in [0.717, 1.165) is 10.5 Å². The van der Waals surface area contributed by atoms with Gasteiger partial charge in [0.2, 0.25) is 5.91 Å². The van der Waals surface area contributed by atoms with Crippen molar-refractivity contribution in [1.82, 2.24) is 9.80 Å². The molecular weight excluding hydrogens is 286 g/mol. The first-order valence-electron chi connectivity index (χ1n) is 6.98. The van der Waals surface area contributed by atoms with Gasteiger partial charge >= 0.3 is 17.8 Å². The van der Waals surface area contributed by atoms with Gasteiger partial charge in [-0.25, -0.2) is 9.69 Å². The van der Waals surface area contributed by atoms with Gasteiger partial charge in [-0.05, 0) is 25.5 Å². The van der Waals surface area contributed by atoms with E-state index in [2.05, 4.69) is 5.32 Å². The van der Waals surface area contributed by atoms with Crippen LogP contribution >= 0.6 is 0 Å². The topological polar surface area (TPSA) is 86.8 Å². The normalized spacial score (nSPS) is 14.7. The van der Waals surface area contributed by atoms with Crippen molar-refractivity contribution < 1.29 is 19.2 Å². The van der Waals surface area contributed by atoms with Gasteiger partial charge in [-0.15, -0.1) is 0 Å². The number of urea groups is 1. The maximum absolute atomic E-state index is 12.0. The number of aryl methyl sites for hydroxylation is 1. The lowest BCUT2D eigenvalue weighted by atomic mass is 10.2. The summed E-state index contributed by atoms with van der Waals surface area (Å²) in [5.41, 5.74) is 1.61. The summed E-state index contributed by atoms with van der Waals surface area (Å²) in [6.07, 6.45) is 0.550. The van der Waals surface area contributed by atoms with E-state index in [1.54, 1.807) is 19.1 Å². The van der Waals surface area contributed by atoms with Crippen LogP contribution in [0.1, 0.15) is 18.9 Å². The zero-order valence-corrected chi connectivity index (χ0v) is 12.5. The lowest BCUT2D eigenvalue weighted by Crippen LogP contribution is -2.39. The standard InChI is InChI=1S/C15H17N3O4/c1-3-8-17-13(20)14(21)18(15(17)22)9-12(19)16-11-6-4-10(2)5-7-11/h4-7H,3,8-9H2,1-2H3,(H,16,19). The van der Waals surface area contributed by atoms with Gasteiger partial charge in [0.1, 0.15) is 6.54 Å². The summed E-state index contributed by atoms with van der Waals surface area (Å²) in [6.45, 7) is 3.40. The van der Waals surface area contributed by atoms with Crippen molar-refractivity contribution in [2.45, 2.75) is 20.3 Å². The first-order chi connectivity index (χ1) is 10.4. The number of carbonyl (C=O) groups excluding carboxylic acids is 4. The molecule has 1 aromatic rings. The van der Waals surface area contributed by atoms with E-state index in [1.807, 2.05) is 19.1 Å². The number of benzene rings is 1. The Labute approximate surface area is 127 Å². The van der Waals surface area contributed by atoms with Crippen LogP contribution in [0, 0.1) is 6.92 Å². The fourth-order valence-electron chi connectivity index (χ4n) is 2.09. The number of carbonyl (C=O) groups is 4. The molecule has 5 amide bonds. The summed E-state index contributed by atoms with van der Waals surface area (Å²) < 4.78 is 0. The average molecular weight is 303 g/mol. The van der Waals surface area contributed by atoms with Gasteiger partial charge < -0.3 is 5.32 Å². The van der Waals surface area contributed by atoms with Gasteiger partial charge in [0.25, 0.3) is 0 Å². The SMILES string of the molecule is CCCN1C(=O)C(=O)N(CC(=O)Nc2ccc(C)cc2)C1=O. The molecule has 0 aliphatic carbocycles. The molecule has 22 heavy (non-hydrogen) atoms. The Kier molecular flexibility index (Phi) is 4.55. The molecule has 1 N–H and O–H groups in total. The maximum atomic E-state index is 12.0. The van der Waals surface area contributed by atoms with Crippen molar-refractivity contribution >= 4 is 29.4 Å². The van der Waals surface area contributed by atoms with Crippen LogP contribution in [0.3, 0.4) is 0 Å². The number of hydrogen-bond acceptors (Lipinski definition) is 4. The molecule has 0 bridgehead atoms. The number of imide groups is 2. The van der Waals surface area contributed by atoms with Crippen LogP contribution in [0.2, 0.25) is 0 Å². The van der Waals surface area contributed by atoms with Crippen LogP contribution in [-0.2, 0) is 14.4 Å². The molecule has 1 saturated heterocycles. The summed E-state index contributed by atoms with van der Waals surface area (Å²) >= 11 is 0. The summed E-state index contributed by atoms with van der Waals surface area (Å²) in [4.78, 5) is 48.9. The molecule has 0 atom stereocenters. The van der Waals surface area contributed by atoms with Crippen molar-refractivity contribution in [3.63, 3.8) is 0 Å². The van der Waals surface area contributed by atoms with Crippen LogP contribution < -0.4 is 5.32 Å². The fraction of sp³-hybridized carbons (Fsp3) is 0.333. The second-order valence-electron chi connectivity index (χ2n) is 5.04. The fourth-order valence-corrected chi connectivity index (χ4v) is 2.09. The van der Waals surface area contributed by atoms with Crippen LogP contribution in [0.4, 0.5) is 10.5 Å². The van der Waals surface area contributed by atoms with Crippen LogP contribution in [0.25, 0.3) is 0 Å². The Morgan fingerprint density at radius 2 is 1.64 bits per heavy atom. The van der Waals surface area contributed by atoms with E-state index >= 15 is 0 Å². The Morgan fingerprint density at radius 1 is 1.05 bits per heavy atom. The van der Waals surface area contributed by atoms with Gasteiger partial charge in [0.05, 0.1) is 0 Å². The Bertz CT molecular complexity index is 624. The molecule has 7 nitrogen and oxygen atoms in total. The number of nitrogens with one attached hydrogen (secondary N) is 1. The van der Waals surface area contributed by atoms with E-state index in [0.29, 0.717) is 17.0 Å². The minimum Gasteiger partial charge on any atom is -0.325 e. The second kappa shape index (κ2) is 6.38. The lowest BCUT2D eigenvalue weighted by Gasteiger charge is -2.14. The molecule has 0 unspecified atom stereocenters. The molecule has 1 aliphatic rings. The summed E-state index contributed by atoms with van der Waals surface area (Å²) in [7, 11) is 0. The summed E-state index contributed by atoms with van der Waals surface area (Å²) in [5.74, 6) is -2.37. The number of rotatable bonds is 5. The first kappa shape index (κ1) is 15.7. The number of amides is 5. The summed E-state index contributed by atoms with van der Waals surface area (Å²) in [6, 6.07) is 6.35. The van der Waals surface area contributed by atoms with Crippen molar-refractivity contribution in [1.29, 1.82) is 0 Å². The van der Waals surface area contributed by atoms with Gasteiger partial charge in [-0.2, -0.15) is 0 Å². The maximum Gasteiger partial charge on any atom is 0.334 e. The zero-order chi connectivity index (χ0) is 16.3. The molecule has 0 spiro atoms. The quantitative estimate of drug-likeness (QED) is 0.652.